The first-order valence-corrected chi connectivity index (χ1v) is 10.3. The minimum atomic E-state index is -0.179. The van der Waals surface area contributed by atoms with Crippen LogP contribution in [0.15, 0.2) is 41.8 Å². The van der Waals surface area contributed by atoms with E-state index in [1.807, 2.05) is 16.3 Å². The molecule has 5 nitrogen and oxygen atoms in total. The molecule has 0 aliphatic carbocycles. The number of benzene rings is 1. The number of piperazine rings is 1. The maximum absolute atomic E-state index is 12.3. The molecule has 27 heavy (non-hydrogen) atoms. The lowest BCUT2D eigenvalue weighted by Gasteiger charge is -2.34. The third-order valence-electron chi connectivity index (χ3n) is 4.92. The lowest BCUT2D eigenvalue weighted by atomic mass is 10.0. The van der Waals surface area contributed by atoms with Gasteiger partial charge >= 0.3 is 0 Å². The second kappa shape index (κ2) is 9.15. The molecule has 2 aromatic rings. The first-order chi connectivity index (χ1) is 13.0. The predicted octanol–water partition coefficient (Wildman–Crippen LogP) is 2.95. The SMILES string of the molecule is CC(C)c1ccc(CN2CCN(C(=O)CNC(=O)c3cccs3)CC2)cc1. The summed E-state index contributed by atoms with van der Waals surface area (Å²) in [7, 11) is 0. The van der Waals surface area contributed by atoms with Crippen LogP contribution < -0.4 is 5.32 Å². The quantitative estimate of drug-likeness (QED) is 0.832. The maximum Gasteiger partial charge on any atom is 0.261 e. The number of carbonyl (C=O) groups excluding carboxylic acids is 2. The number of hydrogen-bond acceptors (Lipinski definition) is 4. The third kappa shape index (κ3) is 5.40. The molecule has 0 spiro atoms. The van der Waals surface area contributed by atoms with E-state index in [-0.39, 0.29) is 18.4 Å². The summed E-state index contributed by atoms with van der Waals surface area (Å²) in [6.07, 6.45) is 0. The number of nitrogens with zero attached hydrogens (tertiary/aromatic N) is 2. The van der Waals surface area contributed by atoms with E-state index in [0.717, 1.165) is 19.6 Å². The molecular weight excluding hydrogens is 358 g/mol. The summed E-state index contributed by atoms with van der Waals surface area (Å²) >= 11 is 1.38. The van der Waals surface area contributed by atoms with Crippen LogP contribution in [0.2, 0.25) is 0 Å². The van der Waals surface area contributed by atoms with Crippen LogP contribution in [-0.2, 0) is 11.3 Å². The molecule has 0 bridgehead atoms. The number of thiophene rings is 1. The highest BCUT2D eigenvalue weighted by Crippen LogP contribution is 2.16. The Morgan fingerprint density at radius 1 is 1.07 bits per heavy atom. The van der Waals surface area contributed by atoms with Crippen LogP contribution in [0, 0.1) is 0 Å². The molecule has 0 unspecified atom stereocenters. The van der Waals surface area contributed by atoms with Crippen LogP contribution in [0.4, 0.5) is 0 Å². The zero-order valence-corrected chi connectivity index (χ0v) is 16.8. The monoisotopic (exact) mass is 385 g/mol. The summed E-state index contributed by atoms with van der Waals surface area (Å²) < 4.78 is 0. The Hall–Kier alpha value is -2.18. The van der Waals surface area contributed by atoms with Crippen molar-refractivity contribution in [3.63, 3.8) is 0 Å². The Balaban J connectivity index is 1.41. The van der Waals surface area contributed by atoms with Crippen LogP contribution in [-0.4, -0.2) is 54.3 Å². The maximum atomic E-state index is 12.3. The molecule has 0 atom stereocenters. The fourth-order valence-electron chi connectivity index (χ4n) is 3.18. The molecule has 1 aliphatic rings. The summed E-state index contributed by atoms with van der Waals surface area (Å²) in [5, 5.41) is 4.57. The average molecular weight is 386 g/mol. The highest BCUT2D eigenvalue weighted by atomic mass is 32.1. The van der Waals surface area contributed by atoms with Gasteiger partial charge in [-0.05, 0) is 28.5 Å². The molecule has 1 fully saturated rings. The van der Waals surface area contributed by atoms with Crippen LogP contribution >= 0.6 is 11.3 Å². The van der Waals surface area contributed by atoms with Crippen molar-refractivity contribution in [2.24, 2.45) is 0 Å². The van der Waals surface area contributed by atoms with Gasteiger partial charge in [0.1, 0.15) is 0 Å². The average Bonchev–Trinajstić information content (AvgIpc) is 3.22. The van der Waals surface area contributed by atoms with Crippen molar-refractivity contribution in [3.8, 4) is 0 Å². The van der Waals surface area contributed by atoms with Gasteiger partial charge < -0.3 is 10.2 Å². The highest BCUT2D eigenvalue weighted by Gasteiger charge is 2.21. The van der Waals surface area contributed by atoms with Crippen LogP contribution in [0.1, 0.15) is 40.6 Å². The van der Waals surface area contributed by atoms with Gasteiger partial charge in [0.05, 0.1) is 11.4 Å². The second-order valence-electron chi connectivity index (χ2n) is 7.21. The summed E-state index contributed by atoms with van der Waals surface area (Å²) in [6, 6.07) is 12.4. The van der Waals surface area contributed by atoms with Crippen LogP contribution in [0.3, 0.4) is 0 Å². The molecule has 1 saturated heterocycles. The molecule has 0 radical (unpaired) electrons. The van der Waals surface area contributed by atoms with Gasteiger partial charge in [-0.1, -0.05) is 44.2 Å². The number of amides is 2. The van der Waals surface area contributed by atoms with Gasteiger partial charge in [-0.2, -0.15) is 0 Å². The zero-order valence-electron chi connectivity index (χ0n) is 16.0. The zero-order chi connectivity index (χ0) is 19.2. The largest absolute Gasteiger partial charge is 0.342 e. The van der Waals surface area contributed by atoms with E-state index >= 15 is 0 Å². The Morgan fingerprint density at radius 2 is 1.78 bits per heavy atom. The first kappa shape index (κ1) is 19.6. The topological polar surface area (TPSA) is 52.6 Å². The lowest BCUT2D eigenvalue weighted by Crippen LogP contribution is -2.50. The van der Waals surface area contributed by atoms with Crippen molar-refractivity contribution < 1.29 is 9.59 Å². The standard InChI is InChI=1S/C21H27N3O2S/c1-16(2)18-7-5-17(6-8-18)15-23-9-11-24(12-10-23)20(25)14-22-21(26)19-4-3-13-27-19/h3-8,13,16H,9-12,14-15H2,1-2H3,(H,22,26). The van der Waals surface area contributed by atoms with Gasteiger partial charge in [0.25, 0.3) is 5.91 Å². The number of hydrogen-bond donors (Lipinski definition) is 1. The fourth-order valence-corrected chi connectivity index (χ4v) is 3.82. The Labute approximate surface area is 165 Å². The Morgan fingerprint density at radius 3 is 2.37 bits per heavy atom. The highest BCUT2D eigenvalue weighted by molar-refractivity contribution is 7.12. The van der Waals surface area contributed by atoms with Crippen molar-refractivity contribution in [3.05, 3.63) is 57.8 Å². The lowest BCUT2D eigenvalue weighted by molar-refractivity contribution is -0.131. The normalized spacial score (nSPS) is 15.1. The van der Waals surface area contributed by atoms with E-state index in [9.17, 15) is 9.59 Å². The fraction of sp³-hybridized carbons (Fsp3) is 0.429. The summed E-state index contributed by atoms with van der Waals surface area (Å²) in [6.45, 7) is 8.51. The van der Waals surface area contributed by atoms with E-state index in [4.69, 9.17) is 0 Å². The van der Waals surface area contributed by atoms with E-state index in [2.05, 4.69) is 48.3 Å². The minimum Gasteiger partial charge on any atom is -0.342 e. The molecule has 6 heteroatoms. The summed E-state index contributed by atoms with van der Waals surface area (Å²) in [5.41, 5.74) is 2.67. The van der Waals surface area contributed by atoms with E-state index in [1.54, 1.807) is 6.07 Å². The van der Waals surface area contributed by atoms with E-state index in [1.165, 1.54) is 22.5 Å². The van der Waals surface area contributed by atoms with Crippen molar-refractivity contribution in [2.75, 3.05) is 32.7 Å². The van der Waals surface area contributed by atoms with Gasteiger partial charge in [-0.3, -0.25) is 14.5 Å². The Bertz CT molecular complexity index is 748. The van der Waals surface area contributed by atoms with E-state index < -0.39 is 0 Å². The number of carbonyl (C=O) groups is 2. The Kier molecular flexibility index (Phi) is 6.63. The molecule has 2 amide bonds. The van der Waals surface area contributed by atoms with Crippen molar-refractivity contribution in [2.45, 2.75) is 26.3 Å². The second-order valence-corrected chi connectivity index (χ2v) is 8.16. The van der Waals surface area contributed by atoms with Gasteiger partial charge in [0, 0.05) is 32.7 Å². The smallest absolute Gasteiger partial charge is 0.261 e. The predicted molar refractivity (Wildman–Crippen MR) is 109 cm³/mol. The van der Waals surface area contributed by atoms with Crippen molar-refractivity contribution in [1.82, 2.24) is 15.1 Å². The molecule has 1 aromatic heterocycles. The molecule has 144 valence electrons. The summed E-state index contributed by atoms with van der Waals surface area (Å²) in [5.74, 6) is 0.358. The number of nitrogens with one attached hydrogen (secondary N) is 1. The molecular formula is C21H27N3O2S. The molecule has 0 saturated carbocycles. The number of rotatable bonds is 6. The first-order valence-electron chi connectivity index (χ1n) is 9.43. The molecule has 1 aromatic carbocycles. The van der Waals surface area contributed by atoms with Crippen LogP contribution in [0.25, 0.3) is 0 Å². The van der Waals surface area contributed by atoms with Gasteiger partial charge in [-0.25, -0.2) is 0 Å². The molecule has 3 rings (SSSR count). The van der Waals surface area contributed by atoms with Crippen molar-refractivity contribution >= 4 is 23.2 Å². The molecule has 2 heterocycles. The van der Waals surface area contributed by atoms with E-state index in [0.29, 0.717) is 23.9 Å². The van der Waals surface area contributed by atoms with Gasteiger partial charge in [-0.15, -0.1) is 11.3 Å². The minimum absolute atomic E-state index is 0.0131. The van der Waals surface area contributed by atoms with Crippen molar-refractivity contribution in [1.29, 1.82) is 0 Å². The van der Waals surface area contributed by atoms with Crippen LogP contribution in [0.5, 0.6) is 0 Å². The van der Waals surface area contributed by atoms with Gasteiger partial charge in [0.2, 0.25) is 5.91 Å². The molecule has 1 aliphatic heterocycles. The van der Waals surface area contributed by atoms with Gasteiger partial charge in [0.15, 0.2) is 0 Å². The summed E-state index contributed by atoms with van der Waals surface area (Å²) in [4.78, 5) is 29.1. The third-order valence-corrected chi connectivity index (χ3v) is 5.79. The molecule has 1 N–H and O–H groups in total.